The fourth-order valence-electron chi connectivity index (χ4n) is 3.24. The maximum absolute atomic E-state index is 11.3. The van der Waals surface area contributed by atoms with Gasteiger partial charge in [0.1, 0.15) is 5.54 Å². The Hall–Kier alpha value is -0.610. The van der Waals surface area contributed by atoms with E-state index < -0.39 is 11.5 Å². The Morgan fingerprint density at radius 3 is 2.63 bits per heavy atom. The van der Waals surface area contributed by atoms with Crippen molar-refractivity contribution in [1.82, 2.24) is 10.2 Å². The molecule has 1 saturated heterocycles. The molecule has 1 heterocycles. The molecule has 3 unspecified atom stereocenters. The Balaban J connectivity index is 2.45. The van der Waals surface area contributed by atoms with Crippen LogP contribution in [0.15, 0.2) is 0 Å². The summed E-state index contributed by atoms with van der Waals surface area (Å²) in [6, 6.07) is 1.35. The number of aliphatic carboxylic acids is 1. The SMILES string of the molecule is CCNC(C)(CCCN1C(C)CCC1CC)C(=O)O. The molecular weight excluding hydrogens is 240 g/mol. The summed E-state index contributed by atoms with van der Waals surface area (Å²) >= 11 is 0. The first-order chi connectivity index (χ1) is 8.94. The van der Waals surface area contributed by atoms with Crippen LogP contribution in [-0.2, 0) is 4.79 Å². The molecule has 0 aromatic heterocycles. The van der Waals surface area contributed by atoms with E-state index in [1.165, 1.54) is 19.3 Å². The van der Waals surface area contributed by atoms with Gasteiger partial charge in [-0.25, -0.2) is 0 Å². The highest BCUT2D eigenvalue weighted by Crippen LogP contribution is 2.26. The molecule has 0 aromatic carbocycles. The lowest BCUT2D eigenvalue weighted by molar-refractivity contribution is -0.144. The van der Waals surface area contributed by atoms with Crippen molar-refractivity contribution in [2.75, 3.05) is 13.1 Å². The fourth-order valence-corrected chi connectivity index (χ4v) is 3.24. The van der Waals surface area contributed by atoms with Crippen molar-refractivity contribution in [2.45, 2.75) is 77.4 Å². The Morgan fingerprint density at radius 2 is 2.11 bits per heavy atom. The van der Waals surface area contributed by atoms with Crippen LogP contribution in [0.3, 0.4) is 0 Å². The van der Waals surface area contributed by atoms with Crippen LogP contribution in [0, 0.1) is 0 Å². The number of likely N-dealkylation sites (N-methyl/N-ethyl adjacent to an activating group) is 1. The molecule has 1 aliphatic heterocycles. The predicted octanol–water partition coefficient (Wildman–Crippen LogP) is 2.48. The molecule has 0 amide bonds. The Bertz CT molecular complexity index is 296. The van der Waals surface area contributed by atoms with E-state index in [0.29, 0.717) is 25.0 Å². The molecule has 0 radical (unpaired) electrons. The second kappa shape index (κ2) is 7.25. The van der Waals surface area contributed by atoms with Gasteiger partial charge in [-0.1, -0.05) is 13.8 Å². The third-order valence-corrected chi connectivity index (χ3v) is 4.56. The van der Waals surface area contributed by atoms with Gasteiger partial charge in [-0.3, -0.25) is 9.69 Å². The quantitative estimate of drug-likeness (QED) is 0.711. The standard InChI is InChI=1S/C15H30N2O2/c1-5-13-9-8-12(3)17(13)11-7-10-15(4,14(18)19)16-6-2/h12-13,16H,5-11H2,1-4H3,(H,18,19). The second-order valence-corrected chi connectivity index (χ2v) is 6.00. The largest absolute Gasteiger partial charge is 0.480 e. The minimum absolute atomic E-state index is 0.653. The molecule has 1 aliphatic rings. The molecule has 112 valence electrons. The minimum Gasteiger partial charge on any atom is -0.480 e. The summed E-state index contributed by atoms with van der Waals surface area (Å²) < 4.78 is 0. The van der Waals surface area contributed by atoms with Crippen LogP contribution in [0.1, 0.15) is 59.8 Å². The van der Waals surface area contributed by atoms with Crippen molar-refractivity contribution in [2.24, 2.45) is 0 Å². The van der Waals surface area contributed by atoms with E-state index in [2.05, 4.69) is 24.1 Å². The number of hydrogen-bond donors (Lipinski definition) is 2. The molecule has 0 bridgehead atoms. The smallest absolute Gasteiger partial charge is 0.323 e. The Kier molecular flexibility index (Phi) is 6.27. The predicted molar refractivity (Wildman–Crippen MR) is 78.4 cm³/mol. The van der Waals surface area contributed by atoms with Crippen molar-refractivity contribution in [3.63, 3.8) is 0 Å². The zero-order valence-corrected chi connectivity index (χ0v) is 12.9. The van der Waals surface area contributed by atoms with Gasteiger partial charge in [-0.15, -0.1) is 0 Å². The molecule has 0 spiro atoms. The molecule has 0 aromatic rings. The van der Waals surface area contributed by atoms with Gasteiger partial charge in [-0.05, 0) is 59.0 Å². The zero-order chi connectivity index (χ0) is 14.5. The van der Waals surface area contributed by atoms with E-state index in [1.54, 1.807) is 6.92 Å². The van der Waals surface area contributed by atoms with Gasteiger partial charge >= 0.3 is 5.97 Å². The average molecular weight is 270 g/mol. The molecule has 0 saturated carbocycles. The highest BCUT2D eigenvalue weighted by Gasteiger charge is 2.33. The van der Waals surface area contributed by atoms with Crippen molar-refractivity contribution in [1.29, 1.82) is 0 Å². The molecule has 4 heteroatoms. The van der Waals surface area contributed by atoms with Crippen LogP contribution in [0.5, 0.6) is 0 Å². The van der Waals surface area contributed by atoms with Crippen LogP contribution in [-0.4, -0.2) is 46.7 Å². The number of carboxylic acid groups (broad SMARTS) is 1. The third kappa shape index (κ3) is 4.18. The van der Waals surface area contributed by atoms with Crippen molar-refractivity contribution in [3.05, 3.63) is 0 Å². The summed E-state index contributed by atoms with van der Waals surface area (Å²) in [4.78, 5) is 13.9. The van der Waals surface area contributed by atoms with Gasteiger partial charge < -0.3 is 10.4 Å². The number of rotatable bonds is 8. The highest BCUT2D eigenvalue weighted by atomic mass is 16.4. The van der Waals surface area contributed by atoms with Gasteiger partial charge in [0, 0.05) is 12.1 Å². The number of carbonyl (C=O) groups is 1. The van der Waals surface area contributed by atoms with E-state index in [4.69, 9.17) is 0 Å². The Labute approximate surface area is 117 Å². The number of nitrogens with one attached hydrogen (secondary N) is 1. The lowest BCUT2D eigenvalue weighted by atomic mass is 9.95. The van der Waals surface area contributed by atoms with E-state index in [1.807, 2.05) is 6.92 Å². The fraction of sp³-hybridized carbons (Fsp3) is 0.933. The summed E-state index contributed by atoms with van der Waals surface area (Å²) in [7, 11) is 0. The van der Waals surface area contributed by atoms with E-state index in [9.17, 15) is 9.90 Å². The van der Waals surface area contributed by atoms with Gasteiger partial charge in [0.25, 0.3) is 0 Å². The summed E-state index contributed by atoms with van der Waals surface area (Å²) in [6.07, 6.45) is 5.41. The molecule has 4 nitrogen and oxygen atoms in total. The number of nitrogens with zero attached hydrogens (tertiary/aromatic N) is 1. The van der Waals surface area contributed by atoms with E-state index in [0.717, 1.165) is 13.0 Å². The van der Waals surface area contributed by atoms with E-state index in [-0.39, 0.29) is 0 Å². The van der Waals surface area contributed by atoms with Gasteiger partial charge in [0.2, 0.25) is 0 Å². The molecule has 1 rings (SSSR count). The summed E-state index contributed by atoms with van der Waals surface area (Å²) in [5.74, 6) is -0.740. The first-order valence-corrected chi connectivity index (χ1v) is 7.68. The first kappa shape index (κ1) is 16.4. The van der Waals surface area contributed by atoms with Crippen LogP contribution in [0.2, 0.25) is 0 Å². The highest BCUT2D eigenvalue weighted by molar-refractivity contribution is 5.78. The third-order valence-electron chi connectivity index (χ3n) is 4.56. The number of likely N-dealkylation sites (tertiary alicyclic amines) is 1. The van der Waals surface area contributed by atoms with Crippen molar-refractivity contribution in [3.8, 4) is 0 Å². The van der Waals surface area contributed by atoms with Gasteiger partial charge in [0.05, 0.1) is 0 Å². The first-order valence-electron chi connectivity index (χ1n) is 7.68. The topological polar surface area (TPSA) is 52.6 Å². The molecule has 1 fully saturated rings. The maximum Gasteiger partial charge on any atom is 0.323 e. The molecule has 0 aliphatic carbocycles. The van der Waals surface area contributed by atoms with Crippen molar-refractivity contribution < 1.29 is 9.90 Å². The Morgan fingerprint density at radius 1 is 1.42 bits per heavy atom. The second-order valence-electron chi connectivity index (χ2n) is 6.00. The summed E-state index contributed by atoms with van der Waals surface area (Å²) in [5, 5.41) is 12.4. The summed E-state index contributed by atoms with van der Waals surface area (Å²) in [6.45, 7) is 10.0. The number of hydrogen-bond acceptors (Lipinski definition) is 3. The zero-order valence-electron chi connectivity index (χ0n) is 12.9. The van der Waals surface area contributed by atoms with Crippen LogP contribution in [0.25, 0.3) is 0 Å². The van der Waals surface area contributed by atoms with Gasteiger partial charge in [0.15, 0.2) is 0 Å². The monoisotopic (exact) mass is 270 g/mol. The van der Waals surface area contributed by atoms with Crippen LogP contribution >= 0.6 is 0 Å². The molecule has 2 N–H and O–H groups in total. The molecule has 3 atom stereocenters. The minimum atomic E-state index is -0.778. The van der Waals surface area contributed by atoms with Crippen molar-refractivity contribution >= 4 is 5.97 Å². The maximum atomic E-state index is 11.3. The normalized spacial score (nSPS) is 27.4. The van der Waals surface area contributed by atoms with Crippen LogP contribution in [0.4, 0.5) is 0 Å². The average Bonchev–Trinajstić information content (AvgIpc) is 2.71. The lowest BCUT2D eigenvalue weighted by Gasteiger charge is -2.30. The lowest BCUT2D eigenvalue weighted by Crippen LogP contribution is -2.50. The van der Waals surface area contributed by atoms with Gasteiger partial charge in [-0.2, -0.15) is 0 Å². The number of carboxylic acids is 1. The molecule has 19 heavy (non-hydrogen) atoms. The molecular formula is C15H30N2O2. The summed E-state index contributed by atoms with van der Waals surface area (Å²) in [5.41, 5.74) is -0.778. The van der Waals surface area contributed by atoms with Crippen LogP contribution < -0.4 is 5.32 Å². The van der Waals surface area contributed by atoms with E-state index >= 15 is 0 Å².